The van der Waals surface area contributed by atoms with Gasteiger partial charge in [0, 0.05) is 5.56 Å². The Hall–Kier alpha value is -3.78. The number of aromatic nitrogens is 3. The van der Waals surface area contributed by atoms with Gasteiger partial charge in [-0.05, 0) is 47.9 Å². The van der Waals surface area contributed by atoms with Crippen LogP contribution >= 0.6 is 0 Å². The standard InChI is InChI=1S/C24H21N3O4S/c1-16(2)17-10-14-21(15-11-17)32(30,31)23-22(18-6-4-3-5-7-18)27(26-25-23)20-12-8-19(9-13-20)24(28)29/h3-16H,1-2H3,(H,28,29). The monoisotopic (exact) mass is 447 g/mol. The van der Waals surface area contributed by atoms with Crippen LogP contribution in [-0.2, 0) is 9.84 Å². The van der Waals surface area contributed by atoms with Crippen molar-refractivity contribution in [2.75, 3.05) is 0 Å². The molecular formula is C24H21N3O4S. The summed E-state index contributed by atoms with van der Waals surface area (Å²) in [6.45, 7) is 4.08. The van der Waals surface area contributed by atoms with Crippen molar-refractivity contribution < 1.29 is 18.3 Å². The van der Waals surface area contributed by atoms with Crippen molar-refractivity contribution in [1.82, 2.24) is 15.0 Å². The second kappa shape index (κ2) is 8.39. The lowest BCUT2D eigenvalue weighted by molar-refractivity contribution is 0.0697. The van der Waals surface area contributed by atoms with Gasteiger partial charge in [0.15, 0.2) is 0 Å². The van der Waals surface area contributed by atoms with Gasteiger partial charge in [0.1, 0.15) is 5.69 Å². The summed E-state index contributed by atoms with van der Waals surface area (Å²) in [6, 6.07) is 21.8. The van der Waals surface area contributed by atoms with Crippen LogP contribution in [-0.4, -0.2) is 34.5 Å². The van der Waals surface area contributed by atoms with Crippen LogP contribution < -0.4 is 0 Å². The second-order valence-electron chi connectivity index (χ2n) is 7.60. The Morgan fingerprint density at radius 3 is 2.09 bits per heavy atom. The largest absolute Gasteiger partial charge is 0.478 e. The minimum Gasteiger partial charge on any atom is -0.478 e. The quantitative estimate of drug-likeness (QED) is 0.464. The molecule has 0 radical (unpaired) electrons. The molecule has 0 aliphatic rings. The summed E-state index contributed by atoms with van der Waals surface area (Å²) in [4.78, 5) is 11.3. The van der Waals surface area contributed by atoms with Gasteiger partial charge < -0.3 is 5.11 Å². The van der Waals surface area contributed by atoms with Crippen molar-refractivity contribution in [1.29, 1.82) is 0 Å². The molecule has 4 aromatic rings. The fourth-order valence-electron chi connectivity index (χ4n) is 3.36. The summed E-state index contributed by atoms with van der Waals surface area (Å²) in [5.41, 5.74) is 2.58. The van der Waals surface area contributed by atoms with E-state index in [2.05, 4.69) is 10.3 Å². The molecule has 0 atom stereocenters. The molecule has 0 aliphatic heterocycles. The maximum Gasteiger partial charge on any atom is 0.335 e. The zero-order valence-electron chi connectivity index (χ0n) is 17.5. The molecule has 3 aromatic carbocycles. The van der Waals surface area contributed by atoms with E-state index in [0.717, 1.165) is 5.56 Å². The number of aromatic carboxylic acids is 1. The van der Waals surface area contributed by atoms with Crippen LogP contribution in [0.3, 0.4) is 0 Å². The Labute approximate surface area is 185 Å². The number of sulfone groups is 1. The lowest BCUT2D eigenvalue weighted by Crippen LogP contribution is -2.06. The highest BCUT2D eigenvalue weighted by Gasteiger charge is 2.29. The molecule has 7 nitrogen and oxygen atoms in total. The Balaban J connectivity index is 1.88. The van der Waals surface area contributed by atoms with E-state index in [1.165, 1.54) is 16.8 Å². The zero-order valence-corrected chi connectivity index (χ0v) is 18.3. The predicted molar refractivity (Wildman–Crippen MR) is 120 cm³/mol. The van der Waals surface area contributed by atoms with Gasteiger partial charge in [-0.2, -0.15) is 0 Å². The van der Waals surface area contributed by atoms with Gasteiger partial charge in [-0.1, -0.05) is 61.5 Å². The molecule has 1 heterocycles. The maximum atomic E-state index is 13.5. The highest BCUT2D eigenvalue weighted by atomic mass is 32.2. The van der Waals surface area contributed by atoms with Crippen LogP contribution in [0.4, 0.5) is 0 Å². The van der Waals surface area contributed by atoms with Crippen molar-refractivity contribution in [3.05, 3.63) is 90.0 Å². The summed E-state index contributed by atoms with van der Waals surface area (Å²) in [5, 5.41) is 17.1. The molecule has 0 fully saturated rings. The number of carboxylic acid groups (broad SMARTS) is 1. The molecule has 0 unspecified atom stereocenters. The molecule has 0 saturated carbocycles. The van der Waals surface area contributed by atoms with E-state index in [9.17, 15) is 13.2 Å². The van der Waals surface area contributed by atoms with E-state index >= 15 is 0 Å². The van der Waals surface area contributed by atoms with E-state index < -0.39 is 15.8 Å². The average Bonchev–Trinajstić information content (AvgIpc) is 3.26. The third-order valence-corrected chi connectivity index (χ3v) is 6.83. The van der Waals surface area contributed by atoms with Gasteiger partial charge in [0.05, 0.1) is 16.1 Å². The number of carbonyl (C=O) groups is 1. The average molecular weight is 448 g/mol. The summed E-state index contributed by atoms with van der Waals surface area (Å²) in [5.74, 6) is -0.771. The fraction of sp³-hybridized carbons (Fsp3) is 0.125. The van der Waals surface area contributed by atoms with Crippen LogP contribution in [0.2, 0.25) is 0 Å². The van der Waals surface area contributed by atoms with Crippen molar-refractivity contribution >= 4 is 15.8 Å². The molecule has 0 amide bonds. The van der Waals surface area contributed by atoms with Crippen LogP contribution in [0.5, 0.6) is 0 Å². The lowest BCUT2D eigenvalue weighted by Gasteiger charge is -2.10. The number of carboxylic acids is 1. The normalized spacial score (nSPS) is 11.6. The maximum absolute atomic E-state index is 13.5. The number of hydrogen-bond donors (Lipinski definition) is 1. The fourth-order valence-corrected chi connectivity index (χ4v) is 4.68. The Morgan fingerprint density at radius 1 is 0.906 bits per heavy atom. The molecule has 162 valence electrons. The van der Waals surface area contributed by atoms with E-state index in [1.54, 1.807) is 60.7 Å². The molecule has 0 spiro atoms. The molecule has 1 N–H and O–H groups in total. The summed E-state index contributed by atoms with van der Waals surface area (Å²) in [6.07, 6.45) is 0. The van der Waals surface area contributed by atoms with E-state index in [4.69, 9.17) is 5.11 Å². The Bertz CT molecular complexity index is 1360. The van der Waals surface area contributed by atoms with Gasteiger partial charge in [0.25, 0.3) is 0 Å². The first-order valence-electron chi connectivity index (χ1n) is 9.99. The van der Waals surface area contributed by atoms with Gasteiger partial charge in [0.2, 0.25) is 14.9 Å². The first-order chi connectivity index (χ1) is 15.3. The predicted octanol–water partition coefficient (Wildman–Crippen LogP) is 4.59. The Kier molecular flexibility index (Phi) is 5.63. The van der Waals surface area contributed by atoms with Crippen molar-refractivity contribution in [3.8, 4) is 16.9 Å². The molecule has 0 saturated heterocycles. The number of nitrogens with zero attached hydrogens (tertiary/aromatic N) is 3. The Morgan fingerprint density at radius 2 is 1.53 bits per heavy atom. The summed E-state index contributed by atoms with van der Waals surface area (Å²) in [7, 11) is -3.96. The molecule has 8 heteroatoms. The molecule has 32 heavy (non-hydrogen) atoms. The topological polar surface area (TPSA) is 102 Å². The first-order valence-corrected chi connectivity index (χ1v) is 11.5. The molecular weight excluding hydrogens is 426 g/mol. The molecule has 4 rings (SSSR count). The third-order valence-electron chi connectivity index (χ3n) is 5.16. The zero-order chi connectivity index (χ0) is 22.9. The minimum atomic E-state index is -3.96. The van der Waals surface area contributed by atoms with Gasteiger partial charge >= 0.3 is 5.97 Å². The molecule has 0 aliphatic carbocycles. The van der Waals surface area contributed by atoms with Crippen molar-refractivity contribution in [3.63, 3.8) is 0 Å². The lowest BCUT2D eigenvalue weighted by atomic mass is 10.0. The highest BCUT2D eigenvalue weighted by Crippen LogP contribution is 2.32. The van der Waals surface area contributed by atoms with E-state index in [-0.39, 0.29) is 21.4 Å². The van der Waals surface area contributed by atoms with Crippen LogP contribution in [0.1, 0.15) is 35.7 Å². The number of rotatable bonds is 6. The van der Waals surface area contributed by atoms with Crippen LogP contribution in [0.25, 0.3) is 16.9 Å². The smallest absolute Gasteiger partial charge is 0.335 e. The second-order valence-corrected chi connectivity index (χ2v) is 9.47. The van der Waals surface area contributed by atoms with Crippen molar-refractivity contribution in [2.24, 2.45) is 0 Å². The summed E-state index contributed by atoms with van der Waals surface area (Å²) >= 11 is 0. The molecule has 1 aromatic heterocycles. The number of hydrogen-bond acceptors (Lipinski definition) is 5. The van der Waals surface area contributed by atoms with Crippen LogP contribution in [0.15, 0.2) is 88.8 Å². The molecule has 0 bridgehead atoms. The van der Waals surface area contributed by atoms with Gasteiger partial charge in [-0.25, -0.2) is 17.9 Å². The highest BCUT2D eigenvalue weighted by molar-refractivity contribution is 7.91. The third kappa shape index (κ3) is 3.92. The van der Waals surface area contributed by atoms with Gasteiger partial charge in [-0.15, -0.1) is 5.10 Å². The van der Waals surface area contributed by atoms with Gasteiger partial charge in [-0.3, -0.25) is 0 Å². The van der Waals surface area contributed by atoms with Crippen LogP contribution in [0, 0.1) is 0 Å². The minimum absolute atomic E-state index is 0.119. The number of benzene rings is 3. The first kappa shape index (κ1) is 21.5. The SMILES string of the molecule is CC(C)c1ccc(S(=O)(=O)c2nnn(-c3ccc(C(=O)O)cc3)c2-c2ccccc2)cc1. The van der Waals surface area contributed by atoms with E-state index in [0.29, 0.717) is 16.9 Å². The van der Waals surface area contributed by atoms with E-state index in [1.807, 2.05) is 19.9 Å². The summed E-state index contributed by atoms with van der Waals surface area (Å²) < 4.78 is 28.4. The van der Waals surface area contributed by atoms with Crippen molar-refractivity contribution in [2.45, 2.75) is 29.7 Å².